The molecule has 1 aromatic carbocycles. The predicted octanol–water partition coefficient (Wildman–Crippen LogP) is 3.37. The summed E-state index contributed by atoms with van der Waals surface area (Å²) < 4.78 is 16.5. The molecule has 1 aromatic rings. The minimum atomic E-state index is -0.557. The Balaban J connectivity index is 2.18. The molecule has 0 heterocycles. The van der Waals surface area contributed by atoms with Gasteiger partial charge in [0.1, 0.15) is 6.10 Å². The van der Waals surface area contributed by atoms with Gasteiger partial charge in [-0.05, 0) is 30.5 Å². The van der Waals surface area contributed by atoms with Gasteiger partial charge in [-0.25, -0.2) is 0 Å². The topological polar surface area (TPSA) is 70.8 Å². The van der Waals surface area contributed by atoms with Crippen molar-refractivity contribution in [3.05, 3.63) is 33.9 Å². The summed E-state index contributed by atoms with van der Waals surface area (Å²) in [4.78, 5) is 10.6. The van der Waals surface area contributed by atoms with Crippen LogP contribution in [-0.2, 0) is 4.74 Å². The zero-order valence-electron chi connectivity index (χ0n) is 13.1. The second kappa shape index (κ2) is 7.98. The van der Waals surface area contributed by atoms with E-state index >= 15 is 0 Å². The lowest BCUT2D eigenvalue weighted by atomic mass is 9.97. The first-order valence-corrected chi connectivity index (χ1v) is 7.63. The van der Waals surface area contributed by atoms with Crippen LogP contribution in [0.2, 0.25) is 0 Å². The number of methoxy groups -OCH3 is 2. The Kier molecular flexibility index (Phi) is 6.00. The van der Waals surface area contributed by atoms with Crippen molar-refractivity contribution in [2.45, 2.75) is 44.3 Å². The number of ether oxygens (including phenoxy) is 3. The fraction of sp³-hybridized carbons (Fsp3) is 0.625. The first-order chi connectivity index (χ1) is 10.6. The van der Waals surface area contributed by atoms with E-state index in [1.807, 2.05) is 0 Å². The van der Waals surface area contributed by atoms with E-state index < -0.39 is 6.10 Å². The molecule has 1 atom stereocenters. The van der Waals surface area contributed by atoms with Crippen molar-refractivity contribution in [2.75, 3.05) is 20.8 Å². The third kappa shape index (κ3) is 4.34. The van der Waals surface area contributed by atoms with E-state index in [2.05, 4.69) is 0 Å². The van der Waals surface area contributed by atoms with Crippen LogP contribution in [0.1, 0.15) is 43.8 Å². The van der Waals surface area contributed by atoms with Crippen LogP contribution in [0.3, 0.4) is 0 Å². The van der Waals surface area contributed by atoms with Crippen LogP contribution in [0.15, 0.2) is 18.2 Å². The Labute approximate surface area is 130 Å². The molecule has 1 aliphatic carbocycles. The summed E-state index contributed by atoms with van der Waals surface area (Å²) in [7, 11) is 3.11. The van der Waals surface area contributed by atoms with Crippen molar-refractivity contribution in [3.8, 4) is 11.5 Å². The highest BCUT2D eigenvalue weighted by Crippen LogP contribution is 2.33. The molecule has 6 nitrogen and oxygen atoms in total. The standard InChI is InChI=1S/C16H23NO5/c1-20-14-9-8-12(10-15(14)21-2)16(11-17(18)19)22-13-6-4-3-5-7-13/h8-10,13,16H,3-7,11H2,1-2H3. The van der Waals surface area contributed by atoms with Crippen molar-refractivity contribution in [2.24, 2.45) is 0 Å². The van der Waals surface area contributed by atoms with Crippen molar-refractivity contribution >= 4 is 0 Å². The monoisotopic (exact) mass is 309 g/mol. The van der Waals surface area contributed by atoms with Gasteiger partial charge in [-0.3, -0.25) is 10.1 Å². The number of nitro groups is 1. The molecule has 0 spiro atoms. The van der Waals surface area contributed by atoms with Gasteiger partial charge in [0, 0.05) is 4.92 Å². The SMILES string of the molecule is COc1ccc(C(C[N+](=O)[O-])OC2CCCCC2)cc1OC. The van der Waals surface area contributed by atoms with Gasteiger partial charge >= 0.3 is 0 Å². The van der Waals surface area contributed by atoms with Gasteiger partial charge in [0.2, 0.25) is 6.54 Å². The van der Waals surface area contributed by atoms with E-state index in [4.69, 9.17) is 14.2 Å². The van der Waals surface area contributed by atoms with Gasteiger partial charge in [0.15, 0.2) is 11.5 Å². The maximum absolute atomic E-state index is 11.0. The molecule has 0 bridgehead atoms. The Hall–Kier alpha value is -1.82. The molecule has 0 N–H and O–H groups in total. The highest BCUT2D eigenvalue weighted by atomic mass is 16.6. The predicted molar refractivity (Wildman–Crippen MR) is 82.1 cm³/mol. The summed E-state index contributed by atoms with van der Waals surface area (Å²) >= 11 is 0. The zero-order chi connectivity index (χ0) is 15.9. The molecule has 0 amide bonds. The first-order valence-electron chi connectivity index (χ1n) is 7.63. The summed E-state index contributed by atoms with van der Waals surface area (Å²) in [5, 5.41) is 11.0. The van der Waals surface area contributed by atoms with Crippen molar-refractivity contribution in [3.63, 3.8) is 0 Å². The number of nitrogens with zero attached hydrogens (tertiary/aromatic N) is 1. The van der Waals surface area contributed by atoms with Crippen LogP contribution < -0.4 is 9.47 Å². The second-order valence-corrected chi connectivity index (χ2v) is 5.51. The summed E-state index contributed by atoms with van der Waals surface area (Å²) in [6, 6.07) is 5.32. The second-order valence-electron chi connectivity index (χ2n) is 5.51. The minimum Gasteiger partial charge on any atom is -0.493 e. The van der Waals surface area contributed by atoms with E-state index in [0.29, 0.717) is 11.5 Å². The Morgan fingerprint density at radius 2 is 1.86 bits per heavy atom. The number of hydrogen-bond acceptors (Lipinski definition) is 5. The van der Waals surface area contributed by atoms with E-state index in [9.17, 15) is 10.1 Å². The largest absolute Gasteiger partial charge is 0.493 e. The lowest BCUT2D eigenvalue weighted by molar-refractivity contribution is -0.494. The van der Waals surface area contributed by atoms with Crippen molar-refractivity contribution in [1.29, 1.82) is 0 Å². The smallest absolute Gasteiger partial charge is 0.233 e. The normalized spacial score (nSPS) is 17.0. The number of hydrogen-bond donors (Lipinski definition) is 0. The molecule has 0 saturated heterocycles. The minimum absolute atomic E-state index is 0.104. The van der Waals surface area contributed by atoms with Crippen LogP contribution in [0.25, 0.3) is 0 Å². The third-order valence-electron chi connectivity index (χ3n) is 4.00. The maximum Gasteiger partial charge on any atom is 0.233 e. The Bertz CT molecular complexity index is 499. The van der Waals surface area contributed by atoms with E-state index in [1.165, 1.54) is 6.42 Å². The lowest BCUT2D eigenvalue weighted by Crippen LogP contribution is -2.24. The molecular formula is C16H23NO5. The molecule has 2 rings (SSSR count). The van der Waals surface area contributed by atoms with E-state index in [1.54, 1.807) is 32.4 Å². The molecule has 0 aliphatic heterocycles. The third-order valence-corrected chi connectivity index (χ3v) is 4.00. The van der Waals surface area contributed by atoms with Gasteiger partial charge < -0.3 is 14.2 Å². The Morgan fingerprint density at radius 1 is 1.18 bits per heavy atom. The molecule has 1 aliphatic rings. The quantitative estimate of drug-likeness (QED) is 0.570. The number of benzene rings is 1. The van der Waals surface area contributed by atoms with Crippen LogP contribution >= 0.6 is 0 Å². The fourth-order valence-electron chi connectivity index (χ4n) is 2.85. The van der Waals surface area contributed by atoms with Crippen LogP contribution in [0.4, 0.5) is 0 Å². The van der Waals surface area contributed by atoms with E-state index in [0.717, 1.165) is 31.2 Å². The van der Waals surface area contributed by atoms with Crippen LogP contribution in [0, 0.1) is 10.1 Å². The summed E-state index contributed by atoms with van der Waals surface area (Å²) in [5.41, 5.74) is 0.750. The molecule has 1 unspecified atom stereocenters. The van der Waals surface area contributed by atoms with Crippen LogP contribution in [-0.4, -0.2) is 31.8 Å². The Morgan fingerprint density at radius 3 is 2.45 bits per heavy atom. The zero-order valence-corrected chi connectivity index (χ0v) is 13.1. The molecule has 1 saturated carbocycles. The van der Waals surface area contributed by atoms with Gasteiger partial charge in [-0.2, -0.15) is 0 Å². The maximum atomic E-state index is 11.0. The van der Waals surface area contributed by atoms with Crippen LogP contribution in [0.5, 0.6) is 11.5 Å². The highest BCUT2D eigenvalue weighted by Gasteiger charge is 2.25. The molecule has 22 heavy (non-hydrogen) atoms. The average molecular weight is 309 g/mol. The van der Waals surface area contributed by atoms with Gasteiger partial charge in [0.25, 0.3) is 0 Å². The van der Waals surface area contributed by atoms with E-state index in [-0.39, 0.29) is 17.6 Å². The summed E-state index contributed by atoms with van der Waals surface area (Å²) in [5.74, 6) is 1.16. The van der Waals surface area contributed by atoms with Crippen molar-refractivity contribution in [1.82, 2.24) is 0 Å². The summed E-state index contributed by atoms with van der Waals surface area (Å²) in [6.07, 6.45) is 4.97. The molecule has 6 heteroatoms. The van der Waals surface area contributed by atoms with Gasteiger partial charge in [-0.1, -0.05) is 25.3 Å². The molecule has 122 valence electrons. The molecule has 0 aromatic heterocycles. The summed E-state index contributed by atoms with van der Waals surface area (Å²) in [6.45, 7) is -0.244. The lowest BCUT2D eigenvalue weighted by Gasteiger charge is -2.26. The van der Waals surface area contributed by atoms with Gasteiger partial charge in [0.05, 0.1) is 20.3 Å². The molecule has 0 radical (unpaired) electrons. The molecule has 1 fully saturated rings. The van der Waals surface area contributed by atoms with Gasteiger partial charge in [-0.15, -0.1) is 0 Å². The number of rotatable bonds is 7. The van der Waals surface area contributed by atoms with Crippen molar-refractivity contribution < 1.29 is 19.1 Å². The fourth-order valence-corrected chi connectivity index (χ4v) is 2.85. The average Bonchev–Trinajstić information content (AvgIpc) is 2.54. The molecular weight excluding hydrogens is 286 g/mol. The first kappa shape index (κ1) is 16.5. The highest BCUT2D eigenvalue weighted by molar-refractivity contribution is 5.43.